The molecule has 1 aromatic carbocycles. The van der Waals surface area contributed by atoms with Gasteiger partial charge in [-0.15, -0.1) is 0 Å². The third-order valence-corrected chi connectivity index (χ3v) is 5.23. The Balaban J connectivity index is 1.30. The van der Waals surface area contributed by atoms with Crippen molar-refractivity contribution in [3.8, 4) is 0 Å². The number of likely N-dealkylation sites (tertiary alicyclic amines) is 1. The molecule has 1 fully saturated rings. The van der Waals surface area contributed by atoms with Gasteiger partial charge in [-0.2, -0.15) is 15.4 Å². The Labute approximate surface area is 162 Å². The second-order valence-corrected chi connectivity index (χ2v) is 7.40. The normalized spacial score (nSPS) is 16.4. The maximum Gasteiger partial charge on any atom is 0.253 e. The fraction of sp³-hybridized carbons (Fsp3) is 0.400. The van der Waals surface area contributed by atoms with Crippen LogP contribution in [0.4, 0.5) is 4.39 Å². The van der Waals surface area contributed by atoms with Crippen LogP contribution in [0.2, 0.25) is 0 Å². The minimum absolute atomic E-state index is 0.0937. The van der Waals surface area contributed by atoms with Crippen LogP contribution in [-0.4, -0.2) is 56.5 Å². The van der Waals surface area contributed by atoms with Crippen LogP contribution >= 0.6 is 0 Å². The van der Waals surface area contributed by atoms with Crippen molar-refractivity contribution in [2.24, 2.45) is 0 Å². The van der Waals surface area contributed by atoms with Crippen LogP contribution in [0.15, 0.2) is 36.5 Å². The minimum Gasteiger partial charge on any atom is -0.338 e. The van der Waals surface area contributed by atoms with Gasteiger partial charge in [0, 0.05) is 50.8 Å². The molecule has 1 saturated heterocycles. The van der Waals surface area contributed by atoms with E-state index in [1.54, 1.807) is 23.1 Å². The molecule has 146 valence electrons. The number of hydrogen-bond acceptors (Lipinski definition) is 5. The molecule has 7 nitrogen and oxygen atoms in total. The summed E-state index contributed by atoms with van der Waals surface area (Å²) in [6.07, 6.45) is 2.45. The summed E-state index contributed by atoms with van der Waals surface area (Å²) in [5.74, 6) is -0.0937. The van der Waals surface area contributed by atoms with Crippen LogP contribution in [0.5, 0.6) is 0 Å². The lowest BCUT2D eigenvalue weighted by Crippen LogP contribution is -2.48. The number of alkyl halides is 1. The van der Waals surface area contributed by atoms with Crippen LogP contribution in [0.1, 0.15) is 34.5 Å². The molecule has 0 saturated carbocycles. The number of benzene rings is 1. The summed E-state index contributed by atoms with van der Waals surface area (Å²) in [6.45, 7) is 3.58. The second kappa shape index (κ2) is 7.63. The first-order chi connectivity index (χ1) is 13.5. The lowest BCUT2D eigenvalue weighted by Gasteiger charge is -2.36. The van der Waals surface area contributed by atoms with E-state index in [9.17, 15) is 4.79 Å². The monoisotopic (exact) mass is 382 g/mol. The number of aromatic nitrogens is 4. The number of aryl methyl sites for hydroxylation is 1. The number of nitrogens with zero attached hydrogens (tertiary/aromatic N) is 4. The van der Waals surface area contributed by atoms with Crippen LogP contribution in [0.3, 0.4) is 0 Å². The van der Waals surface area contributed by atoms with Crippen LogP contribution in [0, 0.1) is 6.92 Å². The van der Waals surface area contributed by atoms with Gasteiger partial charge in [0.2, 0.25) is 0 Å². The highest BCUT2D eigenvalue weighted by Crippen LogP contribution is 2.27. The van der Waals surface area contributed by atoms with E-state index >= 15 is 4.39 Å². The number of carbonyl (C=O) groups is 1. The number of amides is 1. The predicted molar refractivity (Wildman–Crippen MR) is 104 cm³/mol. The molecule has 8 heteroatoms. The molecule has 1 aliphatic heterocycles. The third-order valence-electron chi connectivity index (χ3n) is 5.23. The van der Waals surface area contributed by atoms with E-state index in [1.165, 1.54) is 0 Å². The Morgan fingerprint density at radius 3 is 2.75 bits per heavy atom. The fourth-order valence-corrected chi connectivity index (χ4v) is 3.46. The summed E-state index contributed by atoms with van der Waals surface area (Å²) in [7, 11) is 0. The Hall–Kier alpha value is -2.87. The summed E-state index contributed by atoms with van der Waals surface area (Å²) >= 11 is 0. The zero-order valence-electron chi connectivity index (χ0n) is 15.8. The highest BCUT2D eigenvalue weighted by Gasteiger charge is 2.35. The zero-order chi connectivity index (χ0) is 19.6. The first-order valence-corrected chi connectivity index (χ1v) is 9.43. The third kappa shape index (κ3) is 4.01. The Kier molecular flexibility index (Phi) is 5.04. The highest BCUT2D eigenvalue weighted by atomic mass is 19.1. The average molecular weight is 382 g/mol. The van der Waals surface area contributed by atoms with Crippen molar-refractivity contribution >= 4 is 16.9 Å². The van der Waals surface area contributed by atoms with Gasteiger partial charge in [-0.1, -0.05) is 6.07 Å². The largest absolute Gasteiger partial charge is 0.338 e. The molecule has 0 radical (unpaired) electrons. The van der Waals surface area contributed by atoms with E-state index in [4.69, 9.17) is 0 Å². The lowest BCUT2D eigenvalue weighted by molar-refractivity contribution is 0.0434. The maximum absolute atomic E-state index is 15.1. The van der Waals surface area contributed by atoms with E-state index in [-0.39, 0.29) is 12.5 Å². The van der Waals surface area contributed by atoms with Crippen molar-refractivity contribution in [3.63, 3.8) is 0 Å². The van der Waals surface area contributed by atoms with Crippen molar-refractivity contribution in [3.05, 3.63) is 53.3 Å². The quantitative estimate of drug-likeness (QED) is 0.708. The molecule has 0 atom stereocenters. The molecule has 1 amide bonds. The topological polar surface area (TPSA) is 86.8 Å². The Bertz CT molecular complexity index is 962. The van der Waals surface area contributed by atoms with E-state index in [0.29, 0.717) is 49.1 Å². The van der Waals surface area contributed by atoms with Gasteiger partial charge in [-0.3, -0.25) is 9.78 Å². The molecule has 0 bridgehead atoms. The molecule has 28 heavy (non-hydrogen) atoms. The fourth-order valence-electron chi connectivity index (χ4n) is 3.46. The Morgan fingerprint density at radius 2 is 2.00 bits per heavy atom. The van der Waals surface area contributed by atoms with Gasteiger partial charge >= 0.3 is 0 Å². The summed E-state index contributed by atoms with van der Waals surface area (Å²) in [5, 5.41) is 13.7. The summed E-state index contributed by atoms with van der Waals surface area (Å²) < 4.78 is 15.1. The minimum atomic E-state index is -1.31. The highest BCUT2D eigenvalue weighted by molar-refractivity contribution is 5.97. The molecule has 0 spiro atoms. The first-order valence-electron chi connectivity index (χ1n) is 9.43. The van der Waals surface area contributed by atoms with Crippen molar-refractivity contribution in [1.29, 1.82) is 0 Å². The number of rotatable bonds is 5. The Morgan fingerprint density at radius 1 is 1.21 bits per heavy atom. The lowest BCUT2D eigenvalue weighted by atomic mass is 9.92. The van der Waals surface area contributed by atoms with Crippen molar-refractivity contribution in [2.45, 2.75) is 32.0 Å². The second-order valence-electron chi connectivity index (χ2n) is 7.40. The van der Waals surface area contributed by atoms with Gasteiger partial charge in [0.1, 0.15) is 16.7 Å². The number of nitrogens with one attached hydrogen (secondary N) is 2. The summed E-state index contributed by atoms with van der Waals surface area (Å²) in [6, 6.07) is 9.16. The van der Waals surface area contributed by atoms with Crippen LogP contribution < -0.4 is 5.32 Å². The van der Waals surface area contributed by atoms with Gasteiger partial charge in [-0.25, -0.2) is 4.39 Å². The van der Waals surface area contributed by atoms with Crippen LogP contribution in [-0.2, 0) is 6.54 Å². The predicted octanol–water partition coefficient (Wildman–Crippen LogP) is 2.40. The molecule has 4 rings (SSSR count). The number of halogens is 1. The van der Waals surface area contributed by atoms with E-state index in [2.05, 4.69) is 25.7 Å². The number of aromatic amines is 1. The number of hydrogen-bond donors (Lipinski definition) is 2. The number of carbonyl (C=O) groups excluding carboxylic acids is 1. The molecule has 2 aromatic heterocycles. The summed E-state index contributed by atoms with van der Waals surface area (Å²) in [4.78, 5) is 18.8. The molecular weight excluding hydrogens is 359 g/mol. The van der Waals surface area contributed by atoms with Gasteiger partial charge in [0.15, 0.2) is 0 Å². The van der Waals surface area contributed by atoms with Gasteiger partial charge in [0.25, 0.3) is 5.91 Å². The van der Waals surface area contributed by atoms with E-state index < -0.39 is 5.67 Å². The van der Waals surface area contributed by atoms with Crippen molar-refractivity contribution < 1.29 is 9.18 Å². The van der Waals surface area contributed by atoms with E-state index in [1.807, 2.05) is 25.3 Å². The smallest absolute Gasteiger partial charge is 0.253 e. The number of fused-ring (bicyclic) bond motifs is 1. The SMILES string of the molecule is Cc1ccc(CNCC2(F)CCN(C(=O)c3ccc4n[nH]nc4c3)CC2)nc1. The van der Waals surface area contributed by atoms with E-state index in [0.717, 1.165) is 11.3 Å². The molecule has 2 N–H and O–H groups in total. The number of pyridine rings is 1. The first kappa shape index (κ1) is 18.5. The number of piperidine rings is 1. The summed E-state index contributed by atoms with van der Waals surface area (Å²) in [5.41, 5.74) is 2.60. The van der Waals surface area contributed by atoms with Crippen molar-refractivity contribution in [1.82, 2.24) is 30.6 Å². The zero-order valence-corrected chi connectivity index (χ0v) is 15.8. The van der Waals surface area contributed by atoms with Gasteiger partial charge < -0.3 is 10.2 Å². The van der Waals surface area contributed by atoms with Gasteiger partial charge in [0.05, 0.1) is 5.69 Å². The molecule has 3 heterocycles. The van der Waals surface area contributed by atoms with Gasteiger partial charge in [-0.05, 0) is 36.8 Å². The molecule has 1 aliphatic rings. The average Bonchev–Trinajstić information content (AvgIpc) is 3.17. The number of H-pyrrole nitrogens is 1. The molecular formula is C20H23FN6O. The van der Waals surface area contributed by atoms with Crippen LogP contribution in [0.25, 0.3) is 11.0 Å². The molecule has 3 aromatic rings. The maximum atomic E-state index is 15.1. The van der Waals surface area contributed by atoms with Crippen molar-refractivity contribution in [2.75, 3.05) is 19.6 Å². The standard InChI is InChI=1S/C20H23FN6O/c1-14-2-4-16(23-11-14)12-22-13-20(21)6-8-27(9-7-20)19(28)15-3-5-17-18(10-15)25-26-24-17/h2-5,10-11,22H,6-9,12-13H2,1H3,(H,24,25,26). The molecule has 0 unspecified atom stereocenters. The molecule has 0 aliphatic carbocycles.